The highest BCUT2D eigenvalue weighted by molar-refractivity contribution is 5.95. The van der Waals surface area contributed by atoms with Gasteiger partial charge in [-0.25, -0.2) is 0 Å². The number of carbonyl (C=O) groups excluding carboxylic acids is 1. The predicted molar refractivity (Wildman–Crippen MR) is 69.1 cm³/mol. The Bertz CT molecular complexity index is 416. The number of nitrogens with two attached hydrogens (primary N) is 1. The molecule has 1 aliphatic rings. The Kier molecular flexibility index (Phi) is 4.28. The number of aromatic nitrogens is 1. The molecule has 2 rings (SSSR count). The van der Waals surface area contributed by atoms with Crippen LogP contribution in [0.25, 0.3) is 0 Å². The molecule has 1 unspecified atom stereocenters. The molecule has 1 saturated heterocycles. The van der Waals surface area contributed by atoms with E-state index in [1.807, 2.05) is 13.0 Å². The molecule has 98 valence electrons. The van der Waals surface area contributed by atoms with Gasteiger partial charge in [-0.1, -0.05) is 0 Å². The van der Waals surface area contributed by atoms with Crippen LogP contribution in [0.2, 0.25) is 0 Å². The van der Waals surface area contributed by atoms with Gasteiger partial charge in [0.2, 0.25) is 5.91 Å². The Morgan fingerprint density at radius 1 is 1.56 bits per heavy atom. The lowest BCUT2D eigenvalue weighted by atomic mass is 9.92. The Balaban J connectivity index is 1.97. The van der Waals surface area contributed by atoms with E-state index >= 15 is 0 Å². The van der Waals surface area contributed by atoms with Crippen LogP contribution in [0, 0.1) is 12.8 Å². The summed E-state index contributed by atoms with van der Waals surface area (Å²) < 4.78 is 5.27. The molecular weight excluding hydrogens is 230 g/mol. The van der Waals surface area contributed by atoms with E-state index in [4.69, 9.17) is 10.5 Å². The highest BCUT2D eigenvalue weighted by atomic mass is 16.5. The lowest BCUT2D eigenvalue weighted by Gasteiger charge is -2.26. The van der Waals surface area contributed by atoms with Gasteiger partial charge in [0, 0.05) is 19.4 Å². The van der Waals surface area contributed by atoms with E-state index in [2.05, 4.69) is 10.3 Å². The number of pyridine rings is 1. The summed E-state index contributed by atoms with van der Waals surface area (Å²) in [6, 6.07) is 1.38. The van der Waals surface area contributed by atoms with Crippen molar-refractivity contribution < 1.29 is 9.53 Å². The standard InChI is InChI=1S/C13H19N3O2/c1-9-2-5-15-8-11(9)16-13(17)12(14)10-3-6-18-7-4-10/h2,5,8,10,12H,3-4,6-7,14H2,1H3,(H,16,17). The molecule has 1 atom stereocenters. The van der Waals surface area contributed by atoms with Crippen LogP contribution in [0.3, 0.4) is 0 Å². The topological polar surface area (TPSA) is 77.2 Å². The molecule has 5 heteroatoms. The second kappa shape index (κ2) is 5.93. The monoisotopic (exact) mass is 249 g/mol. The van der Waals surface area contributed by atoms with Crippen LogP contribution in [0.5, 0.6) is 0 Å². The minimum Gasteiger partial charge on any atom is -0.381 e. The first-order valence-corrected chi connectivity index (χ1v) is 6.23. The van der Waals surface area contributed by atoms with E-state index in [1.165, 1.54) is 0 Å². The van der Waals surface area contributed by atoms with Crippen molar-refractivity contribution in [2.24, 2.45) is 11.7 Å². The molecule has 0 bridgehead atoms. The fourth-order valence-corrected chi connectivity index (χ4v) is 2.10. The number of nitrogens with one attached hydrogen (secondary N) is 1. The van der Waals surface area contributed by atoms with Gasteiger partial charge in [-0.3, -0.25) is 9.78 Å². The third-order valence-corrected chi connectivity index (χ3v) is 3.37. The van der Waals surface area contributed by atoms with Gasteiger partial charge in [-0.2, -0.15) is 0 Å². The molecule has 0 aliphatic carbocycles. The molecule has 0 aromatic carbocycles. The summed E-state index contributed by atoms with van der Waals surface area (Å²) in [5, 5.41) is 2.84. The molecule has 2 heterocycles. The van der Waals surface area contributed by atoms with Crippen LogP contribution < -0.4 is 11.1 Å². The summed E-state index contributed by atoms with van der Waals surface area (Å²) in [5.41, 5.74) is 7.71. The minimum atomic E-state index is -0.478. The summed E-state index contributed by atoms with van der Waals surface area (Å²) >= 11 is 0. The lowest BCUT2D eigenvalue weighted by Crippen LogP contribution is -2.44. The fourth-order valence-electron chi connectivity index (χ4n) is 2.10. The molecule has 1 amide bonds. The minimum absolute atomic E-state index is 0.141. The highest BCUT2D eigenvalue weighted by Crippen LogP contribution is 2.19. The summed E-state index contributed by atoms with van der Waals surface area (Å²) in [4.78, 5) is 16.1. The first-order valence-electron chi connectivity index (χ1n) is 6.23. The van der Waals surface area contributed by atoms with E-state index in [1.54, 1.807) is 12.4 Å². The van der Waals surface area contributed by atoms with E-state index in [9.17, 15) is 4.79 Å². The number of hydrogen-bond acceptors (Lipinski definition) is 4. The number of carbonyl (C=O) groups is 1. The molecule has 1 aromatic rings. The average Bonchev–Trinajstić information content (AvgIpc) is 2.41. The van der Waals surface area contributed by atoms with Crippen LogP contribution in [0.15, 0.2) is 18.5 Å². The SMILES string of the molecule is Cc1ccncc1NC(=O)C(N)C1CCOCC1. The van der Waals surface area contributed by atoms with Gasteiger partial charge in [0.1, 0.15) is 0 Å². The number of rotatable bonds is 3. The van der Waals surface area contributed by atoms with Crippen LogP contribution in [-0.4, -0.2) is 30.1 Å². The van der Waals surface area contributed by atoms with Crippen molar-refractivity contribution in [3.63, 3.8) is 0 Å². The van der Waals surface area contributed by atoms with Gasteiger partial charge in [0.15, 0.2) is 0 Å². The fraction of sp³-hybridized carbons (Fsp3) is 0.538. The lowest BCUT2D eigenvalue weighted by molar-refractivity contribution is -0.119. The first kappa shape index (κ1) is 13.0. The van der Waals surface area contributed by atoms with Crippen LogP contribution in [0.4, 0.5) is 5.69 Å². The maximum absolute atomic E-state index is 12.1. The Labute approximate surface area is 107 Å². The quantitative estimate of drug-likeness (QED) is 0.840. The third kappa shape index (κ3) is 3.05. The molecule has 5 nitrogen and oxygen atoms in total. The zero-order valence-electron chi connectivity index (χ0n) is 10.6. The molecule has 3 N–H and O–H groups in total. The maximum Gasteiger partial charge on any atom is 0.241 e. The molecule has 18 heavy (non-hydrogen) atoms. The second-order valence-corrected chi connectivity index (χ2v) is 4.66. The van der Waals surface area contributed by atoms with Gasteiger partial charge in [-0.05, 0) is 37.3 Å². The summed E-state index contributed by atoms with van der Waals surface area (Å²) in [6.07, 6.45) is 5.04. The van der Waals surface area contributed by atoms with Gasteiger partial charge in [-0.15, -0.1) is 0 Å². The number of ether oxygens (including phenoxy) is 1. The molecule has 0 radical (unpaired) electrons. The number of nitrogens with zero attached hydrogens (tertiary/aromatic N) is 1. The zero-order chi connectivity index (χ0) is 13.0. The van der Waals surface area contributed by atoms with Gasteiger partial charge in [0.25, 0.3) is 0 Å². The molecule has 0 spiro atoms. The van der Waals surface area contributed by atoms with Crippen LogP contribution in [-0.2, 0) is 9.53 Å². The van der Waals surface area contributed by atoms with Gasteiger partial charge < -0.3 is 15.8 Å². The molecule has 1 fully saturated rings. The summed E-state index contributed by atoms with van der Waals surface area (Å²) in [5.74, 6) is 0.0636. The Hall–Kier alpha value is -1.46. The first-order chi connectivity index (χ1) is 8.68. The van der Waals surface area contributed by atoms with Crippen LogP contribution in [0.1, 0.15) is 18.4 Å². The average molecular weight is 249 g/mol. The molecule has 0 saturated carbocycles. The van der Waals surface area contributed by atoms with E-state index in [-0.39, 0.29) is 11.8 Å². The third-order valence-electron chi connectivity index (χ3n) is 3.37. The number of hydrogen-bond donors (Lipinski definition) is 2. The maximum atomic E-state index is 12.1. The van der Waals surface area contributed by atoms with E-state index < -0.39 is 6.04 Å². The zero-order valence-corrected chi connectivity index (χ0v) is 10.6. The van der Waals surface area contributed by atoms with Crippen molar-refractivity contribution in [1.82, 2.24) is 4.98 Å². The van der Waals surface area contributed by atoms with E-state index in [0.29, 0.717) is 13.2 Å². The van der Waals surface area contributed by atoms with Gasteiger partial charge >= 0.3 is 0 Å². The van der Waals surface area contributed by atoms with Crippen molar-refractivity contribution in [2.45, 2.75) is 25.8 Å². The van der Waals surface area contributed by atoms with Crippen molar-refractivity contribution in [2.75, 3.05) is 18.5 Å². The number of anilines is 1. The summed E-state index contributed by atoms with van der Waals surface area (Å²) in [6.45, 7) is 3.31. The van der Waals surface area contributed by atoms with Crippen LogP contribution >= 0.6 is 0 Å². The van der Waals surface area contributed by atoms with Gasteiger partial charge in [0.05, 0.1) is 17.9 Å². The van der Waals surface area contributed by atoms with Crippen molar-refractivity contribution in [3.8, 4) is 0 Å². The Morgan fingerprint density at radius 3 is 2.94 bits per heavy atom. The number of aryl methyl sites for hydroxylation is 1. The van der Waals surface area contributed by atoms with E-state index in [0.717, 1.165) is 24.1 Å². The Morgan fingerprint density at radius 2 is 2.28 bits per heavy atom. The highest BCUT2D eigenvalue weighted by Gasteiger charge is 2.26. The molecule has 1 aromatic heterocycles. The molecular formula is C13H19N3O2. The van der Waals surface area contributed by atoms with Crippen molar-refractivity contribution in [1.29, 1.82) is 0 Å². The largest absolute Gasteiger partial charge is 0.381 e. The number of amides is 1. The summed E-state index contributed by atoms with van der Waals surface area (Å²) in [7, 11) is 0. The predicted octanol–water partition coefficient (Wildman–Crippen LogP) is 1.08. The normalized spacial score (nSPS) is 18.3. The van der Waals surface area contributed by atoms with Crippen molar-refractivity contribution in [3.05, 3.63) is 24.0 Å². The smallest absolute Gasteiger partial charge is 0.241 e. The van der Waals surface area contributed by atoms with Crippen molar-refractivity contribution >= 4 is 11.6 Å². The second-order valence-electron chi connectivity index (χ2n) is 4.66. The molecule has 1 aliphatic heterocycles.